The molecule has 0 atom stereocenters. The molecule has 4 heteroatoms. The molecule has 0 N–H and O–H groups in total. The summed E-state index contributed by atoms with van der Waals surface area (Å²) >= 11 is 3.50. The van der Waals surface area contributed by atoms with Gasteiger partial charge in [-0.15, -0.1) is 10.2 Å². The number of aryl methyl sites for hydroxylation is 1. The molecule has 3 nitrogen and oxygen atoms in total. The van der Waals surface area contributed by atoms with Crippen LogP contribution in [0.1, 0.15) is 69.6 Å². The summed E-state index contributed by atoms with van der Waals surface area (Å²) in [4.78, 5) is 0. The molecule has 0 spiro atoms. The van der Waals surface area contributed by atoms with Crippen LogP contribution in [0.15, 0.2) is 0 Å². The van der Waals surface area contributed by atoms with Crippen LogP contribution >= 0.6 is 15.9 Å². The van der Waals surface area contributed by atoms with Gasteiger partial charge in [0.1, 0.15) is 11.6 Å². The second-order valence-electron chi connectivity index (χ2n) is 4.93. The molecule has 0 saturated heterocycles. The van der Waals surface area contributed by atoms with Gasteiger partial charge in [0.2, 0.25) is 0 Å². The van der Waals surface area contributed by atoms with Crippen LogP contribution in [0.4, 0.5) is 0 Å². The Balaban J connectivity index is 1.85. The molecule has 17 heavy (non-hydrogen) atoms. The molecule has 0 aliphatic heterocycles. The van der Waals surface area contributed by atoms with E-state index in [1.165, 1.54) is 50.8 Å². The minimum absolute atomic E-state index is 0.697. The molecule has 2 rings (SSSR count). The third-order valence-electron chi connectivity index (χ3n) is 3.37. The van der Waals surface area contributed by atoms with E-state index < -0.39 is 0 Å². The summed E-state index contributed by atoms with van der Waals surface area (Å²) in [7, 11) is 0. The van der Waals surface area contributed by atoms with Gasteiger partial charge in [-0.05, 0) is 19.3 Å². The predicted molar refractivity (Wildman–Crippen MR) is 73.4 cm³/mol. The Bertz CT molecular complexity index is 344. The molecular weight excluding hydrogens is 278 g/mol. The van der Waals surface area contributed by atoms with Gasteiger partial charge in [0.15, 0.2) is 0 Å². The molecule has 96 valence electrons. The van der Waals surface area contributed by atoms with Crippen LogP contribution in [0.3, 0.4) is 0 Å². The van der Waals surface area contributed by atoms with Crippen LogP contribution in [0, 0.1) is 0 Å². The Labute approximate surface area is 112 Å². The minimum atomic E-state index is 0.697. The fraction of sp³-hybridized carbons (Fsp3) is 0.846. The van der Waals surface area contributed by atoms with E-state index in [4.69, 9.17) is 0 Å². The molecule has 0 radical (unpaired) electrons. The van der Waals surface area contributed by atoms with Crippen molar-refractivity contribution in [1.29, 1.82) is 0 Å². The van der Waals surface area contributed by atoms with Gasteiger partial charge in [-0.3, -0.25) is 0 Å². The first kappa shape index (κ1) is 13.1. The van der Waals surface area contributed by atoms with Crippen molar-refractivity contribution in [2.45, 2.75) is 69.7 Å². The Morgan fingerprint density at radius 3 is 2.47 bits per heavy atom. The highest BCUT2D eigenvalue weighted by atomic mass is 79.9. The molecule has 1 aliphatic carbocycles. The third kappa shape index (κ3) is 3.54. The summed E-state index contributed by atoms with van der Waals surface area (Å²) in [6, 6.07) is 0.697. The maximum atomic E-state index is 4.35. The van der Waals surface area contributed by atoms with Crippen molar-refractivity contribution >= 4 is 15.9 Å². The van der Waals surface area contributed by atoms with Crippen molar-refractivity contribution in [1.82, 2.24) is 14.8 Å². The number of alkyl halides is 1. The lowest BCUT2D eigenvalue weighted by Gasteiger charge is -2.07. The number of hydrogen-bond acceptors (Lipinski definition) is 2. The normalized spacial score (nSPS) is 15.4. The van der Waals surface area contributed by atoms with Crippen molar-refractivity contribution in [2.75, 3.05) is 0 Å². The fourth-order valence-corrected chi connectivity index (χ4v) is 2.65. The van der Waals surface area contributed by atoms with Crippen molar-refractivity contribution < 1.29 is 0 Å². The summed E-state index contributed by atoms with van der Waals surface area (Å²) in [6.45, 7) is 2.26. The maximum absolute atomic E-state index is 4.35. The van der Waals surface area contributed by atoms with E-state index in [0.29, 0.717) is 6.04 Å². The SMILES string of the molecule is CCCCCCCc1nnc(CBr)n1C1CC1. The first-order chi connectivity index (χ1) is 8.36. The van der Waals surface area contributed by atoms with Crippen LogP contribution in [0.5, 0.6) is 0 Å². The lowest BCUT2D eigenvalue weighted by Crippen LogP contribution is -2.05. The summed E-state index contributed by atoms with van der Waals surface area (Å²) in [5, 5.41) is 9.45. The quantitative estimate of drug-likeness (QED) is 0.536. The zero-order chi connectivity index (χ0) is 12.1. The molecule has 1 aromatic rings. The largest absolute Gasteiger partial charge is 0.311 e. The number of hydrogen-bond donors (Lipinski definition) is 0. The average molecular weight is 300 g/mol. The molecule has 0 aromatic carbocycles. The lowest BCUT2D eigenvalue weighted by atomic mass is 10.1. The highest BCUT2D eigenvalue weighted by molar-refractivity contribution is 9.08. The van der Waals surface area contributed by atoms with E-state index >= 15 is 0 Å². The molecule has 0 unspecified atom stereocenters. The predicted octanol–water partition coefficient (Wildman–Crippen LogP) is 4.02. The van der Waals surface area contributed by atoms with Gasteiger partial charge in [0, 0.05) is 12.5 Å². The van der Waals surface area contributed by atoms with E-state index in [0.717, 1.165) is 17.6 Å². The summed E-state index contributed by atoms with van der Waals surface area (Å²) in [5.41, 5.74) is 0. The van der Waals surface area contributed by atoms with Crippen LogP contribution in [0.2, 0.25) is 0 Å². The van der Waals surface area contributed by atoms with Gasteiger partial charge in [-0.25, -0.2) is 0 Å². The second-order valence-corrected chi connectivity index (χ2v) is 5.49. The van der Waals surface area contributed by atoms with Gasteiger partial charge in [0.25, 0.3) is 0 Å². The Morgan fingerprint density at radius 2 is 1.82 bits per heavy atom. The number of halogens is 1. The molecule has 1 heterocycles. The molecule has 1 fully saturated rings. The number of rotatable bonds is 8. The molecular formula is C13H22BrN3. The van der Waals surface area contributed by atoms with Crippen LogP contribution in [-0.4, -0.2) is 14.8 Å². The zero-order valence-corrected chi connectivity index (χ0v) is 12.2. The molecule has 0 amide bonds. The van der Waals surface area contributed by atoms with Crippen molar-refractivity contribution in [3.05, 3.63) is 11.6 Å². The molecule has 1 saturated carbocycles. The average Bonchev–Trinajstić information content (AvgIpc) is 3.10. The van der Waals surface area contributed by atoms with Gasteiger partial charge in [0.05, 0.1) is 5.33 Å². The van der Waals surface area contributed by atoms with E-state index in [1.807, 2.05) is 0 Å². The van der Waals surface area contributed by atoms with E-state index in [2.05, 4.69) is 37.6 Å². The molecule has 1 aliphatic rings. The van der Waals surface area contributed by atoms with Crippen LogP contribution in [-0.2, 0) is 11.8 Å². The number of aromatic nitrogens is 3. The number of nitrogens with zero attached hydrogens (tertiary/aromatic N) is 3. The number of unbranched alkanes of at least 4 members (excludes halogenated alkanes) is 4. The van der Waals surface area contributed by atoms with Crippen molar-refractivity contribution in [3.63, 3.8) is 0 Å². The monoisotopic (exact) mass is 299 g/mol. The van der Waals surface area contributed by atoms with Crippen molar-refractivity contribution in [3.8, 4) is 0 Å². The van der Waals surface area contributed by atoms with Gasteiger partial charge >= 0.3 is 0 Å². The van der Waals surface area contributed by atoms with E-state index in [9.17, 15) is 0 Å². The highest BCUT2D eigenvalue weighted by Crippen LogP contribution is 2.37. The summed E-state index contributed by atoms with van der Waals surface area (Å²) in [6.07, 6.45) is 10.3. The smallest absolute Gasteiger partial charge is 0.143 e. The Hall–Kier alpha value is -0.380. The Kier molecular flexibility index (Phi) is 5.01. The first-order valence-corrected chi connectivity index (χ1v) is 7.97. The van der Waals surface area contributed by atoms with Gasteiger partial charge in [-0.2, -0.15) is 0 Å². The van der Waals surface area contributed by atoms with Gasteiger partial charge in [-0.1, -0.05) is 48.5 Å². The second kappa shape index (κ2) is 6.53. The van der Waals surface area contributed by atoms with Crippen molar-refractivity contribution in [2.24, 2.45) is 0 Å². The molecule has 0 bridgehead atoms. The standard InChI is InChI=1S/C13H22BrN3/c1-2-3-4-5-6-7-12-15-16-13(10-14)17(12)11-8-9-11/h11H,2-10H2,1H3. The van der Waals surface area contributed by atoms with Gasteiger partial charge < -0.3 is 4.57 Å². The highest BCUT2D eigenvalue weighted by Gasteiger charge is 2.28. The summed E-state index contributed by atoms with van der Waals surface area (Å²) in [5.74, 6) is 2.31. The topological polar surface area (TPSA) is 30.7 Å². The van der Waals surface area contributed by atoms with E-state index in [-0.39, 0.29) is 0 Å². The maximum Gasteiger partial charge on any atom is 0.143 e. The van der Waals surface area contributed by atoms with Crippen LogP contribution < -0.4 is 0 Å². The first-order valence-electron chi connectivity index (χ1n) is 6.85. The minimum Gasteiger partial charge on any atom is -0.311 e. The fourth-order valence-electron chi connectivity index (χ4n) is 2.26. The zero-order valence-electron chi connectivity index (χ0n) is 10.7. The van der Waals surface area contributed by atoms with Crippen LogP contribution in [0.25, 0.3) is 0 Å². The third-order valence-corrected chi connectivity index (χ3v) is 3.87. The Morgan fingerprint density at radius 1 is 1.12 bits per heavy atom. The van der Waals surface area contributed by atoms with E-state index in [1.54, 1.807) is 0 Å². The summed E-state index contributed by atoms with van der Waals surface area (Å²) < 4.78 is 2.37. The lowest BCUT2D eigenvalue weighted by molar-refractivity contribution is 0.594. The molecule has 1 aromatic heterocycles.